The molecule has 52 heavy (non-hydrogen) atoms. The van der Waals surface area contributed by atoms with E-state index in [0.29, 0.717) is 12.4 Å². The van der Waals surface area contributed by atoms with Crippen LogP contribution in [0.1, 0.15) is 63.3 Å². The van der Waals surface area contributed by atoms with Gasteiger partial charge in [-0.15, -0.1) is 0 Å². The van der Waals surface area contributed by atoms with Gasteiger partial charge in [-0.25, -0.2) is 14.8 Å². The molecule has 7 heterocycles. The van der Waals surface area contributed by atoms with Crippen LogP contribution in [0.2, 0.25) is 0 Å². The van der Waals surface area contributed by atoms with Crippen LogP contribution in [0.25, 0.3) is 66.6 Å². The molecule has 2 fully saturated rings. The molecule has 2 bridgehead atoms. The molecule has 2 saturated heterocycles. The number of amides is 2. The van der Waals surface area contributed by atoms with Crippen molar-refractivity contribution < 1.29 is 18.7 Å². The lowest BCUT2D eigenvalue weighted by Crippen LogP contribution is -2.51. The van der Waals surface area contributed by atoms with Gasteiger partial charge in [-0.1, -0.05) is 32.0 Å². The largest absolute Gasteiger partial charge is 0.456 e. The van der Waals surface area contributed by atoms with Gasteiger partial charge in [0.15, 0.2) is 0 Å². The first-order valence-corrected chi connectivity index (χ1v) is 18.0. The number of hydrogen-bond acceptors (Lipinski definition) is 8. The zero-order chi connectivity index (χ0) is 35.5. The van der Waals surface area contributed by atoms with E-state index < -0.39 is 12.1 Å². The second kappa shape index (κ2) is 12.8. The normalized spacial score (nSPS) is 18.3. The third-order valence-corrected chi connectivity index (χ3v) is 10.7. The molecule has 9 rings (SSSR count). The molecule has 2 aromatic carbocycles. The number of benzene rings is 3. The minimum absolute atomic E-state index is 0.101. The molecule has 3 atom stereocenters. The maximum Gasteiger partial charge on any atom is 0.407 e. The summed E-state index contributed by atoms with van der Waals surface area (Å²) in [5, 5.41) is 8.37. The predicted octanol–water partition coefficient (Wildman–Crippen LogP) is 7.49. The maximum atomic E-state index is 13.6. The standard InChI is InChI=1S/C40H40N8O4/c1-21(2)36(47-40(50)51-3)39(49)48-17-5-7-31(48)38-43-20-30(46-38)23-9-12-26(42-19-23)25-11-10-24(34-32-14-15-33(52-32)35(25)34)22-8-13-27-29(18-22)45-37(44-27)28-6-4-16-41-28/h8-15,18-21,28,31,36,41H,4-7,16-17H2,1-3H3,(H,43,46)(H,44,45)(H,47,50). The lowest BCUT2D eigenvalue weighted by atomic mass is 9.93. The van der Waals surface area contributed by atoms with Crippen molar-refractivity contribution in [3.63, 3.8) is 0 Å². The summed E-state index contributed by atoms with van der Waals surface area (Å²) in [7, 11) is 1.30. The summed E-state index contributed by atoms with van der Waals surface area (Å²) in [4.78, 5) is 48.8. The summed E-state index contributed by atoms with van der Waals surface area (Å²) < 4.78 is 11.0. The average Bonchev–Trinajstić information content (AvgIpc) is 4.02. The van der Waals surface area contributed by atoms with Crippen molar-refractivity contribution in [3.8, 4) is 33.6 Å². The number of nitrogens with one attached hydrogen (secondary N) is 4. The topological polar surface area (TPSA) is 154 Å². The number of aromatic amines is 2. The van der Waals surface area contributed by atoms with Gasteiger partial charge < -0.3 is 34.7 Å². The number of likely N-dealkylation sites (tertiary alicyclic amines) is 1. The van der Waals surface area contributed by atoms with Gasteiger partial charge >= 0.3 is 6.09 Å². The van der Waals surface area contributed by atoms with Crippen LogP contribution in [-0.2, 0) is 9.53 Å². The van der Waals surface area contributed by atoms with E-state index in [0.717, 1.165) is 98.2 Å². The number of hydrogen-bond donors (Lipinski definition) is 4. The Bertz CT molecular complexity index is 2420. The molecule has 2 amide bonds. The summed E-state index contributed by atoms with van der Waals surface area (Å²) >= 11 is 0. The number of furan rings is 2. The first-order valence-electron chi connectivity index (χ1n) is 18.0. The molecular formula is C40H40N8O4. The number of methoxy groups -OCH3 is 1. The van der Waals surface area contributed by atoms with Gasteiger partial charge in [0.25, 0.3) is 0 Å². The molecule has 0 saturated carbocycles. The molecule has 12 nitrogen and oxygen atoms in total. The first-order chi connectivity index (χ1) is 25.4. The van der Waals surface area contributed by atoms with E-state index >= 15 is 0 Å². The average molecular weight is 697 g/mol. The van der Waals surface area contributed by atoms with E-state index in [9.17, 15) is 9.59 Å². The molecule has 4 N–H and O–H groups in total. The summed E-state index contributed by atoms with van der Waals surface area (Å²) in [6.07, 6.45) is 6.92. The van der Waals surface area contributed by atoms with E-state index in [1.807, 2.05) is 49.2 Å². The highest BCUT2D eigenvalue weighted by atomic mass is 16.5. The molecule has 2 aliphatic heterocycles. The first kappa shape index (κ1) is 32.2. The Hall–Kier alpha value is -5.75. The lowest BCUT2D eigenvalue weighted by molar-refractivity contribution is -0.135. The van der Waals surface area contributed by atoms with Crippen LogP contribution in [0.15, 0.2) is 71.4 Å². The number of pyridine rings is 1. The van der Waals surface area contributed by atoms with Crippen LogP contribution in [0.3, 0.4) is 0 Å². The number of carbonyl (C=O) groups excluding carboxylic acids is 2. The Labute approximate surface area is 299 Å². The minimum atomic E-state index is -0.685. The number of ether oxygens (including phenoxy) is 1. The summed E-state index contributed by atoms with van der Waals surface area (Å²) in [6.45, 7) is 5.44. The van der Waals surface area contributed by atoms with Crippen molar-refractivity contribution in [2.45, 2.75) is 57.7 Å². The van der Waals surface area contributed by atoms with Crippen LogP contribution in [0, 0.1) is 5.92 Å². The van der Waals surface area contributed by atoms with Gasteiger partial charge in [0.2, 0.25) is 5.91 Å². The van der Waals surface area contributed by atoms with E-state index in [4.69, 9.17) is 24.1 Å². The van der Waals surface area contributed by atoms with Crippen molar-refractivity contribution >= 4 is 45.0 Å². The minimum Gasteiger partial charge on any atom is -0.456 e. The van der Waals surface area contributed by atoms with Crippen molar-refractivity contribution in [2.75, 3.05) is 20.2 Å². The van der Waals surface area contributed by atoms with Crippen molar-refractivity contribution in [3.05, 3.63) is 78.6 Å². The molecule has 5 aromatic heterocycles. The number of nitrogens with zero attached hydrogens (tertiary/aromatic N) is 4. The Morgan fingerprint density at radius 3 is 2.46 bits per heavy atom. The fraction of sp³-hybridized carbons (Fsp3) is 0.325. The van der Waals surface area contributed by atoms with Crippen LogP contribution in [-0.4, -0.2) is 68.1 Å². The number of alkyl carbamates (subject to hydrolysis) is 1. The Kier molecular flexibility index (Phi) is 7.91. The highest BCUT2D eigenvalue weighted by molar-refractivity contribution is 6.19. The number of fused-ring (bicyclic) bond motifs is 6. The second-order valence-electron chi connectivity index (χ2n) is 14.2. The van der Waals surface area contributed by atoms with E-state index in [1.165, 1.54) is 13.5 Å². The van der Waals surface area contributed by atoms with Crippen molar-refractivity contribution in [2.24, 2.45) is 5.92 Å². The quantitative estimate of drug-likeness (QED) is 0.128. The van der Waals surface area contributed by atoms with Crippen LogP contribution >= 0.6 is 0 Å². The number of imidazole rings is 2. The summed E-state index contributed by atoms with van der Waals surface area (Å²) in [5.74, 6) is 1.48. The molecule has 12 heteroatoms. The number of carbonyl (C=O) groups is 2. The maximum absolute atomic E-state index is 13.6. The third-order valence-electron chi connectivity index (χ3n) is 10.7. The number of aromatic nitrogens is 5. The van der Waals surface area contributed by atoms with Gasteiger partial charge in [-0.3, -0.25) is 9.78 Å². The molecule has 3 unspecified atom stereocenters. The Morgan fingerprint density at radius 2 is 1.71 bits per heavy atom. The van der Waals surface area contributed by atoms with Gasteiger partial charge in [0, 0.05) is 34.6 Å². The van der Waals surface area contributed by atoms with Gasteiger partial charge in [0.1, 0.15) is 28.9 Å². The summed E-state index contributed by atoms with van der Waals surface area (Å²) in [6, 6.07) is 18.2. The fourth-order valence-electron chi connectivity index (χ4n) is 8.01. The van der Waals surface area contributed by atoms with Gasteiger partial charge in [0.05, 0.1) is 47.8 Å². The molecule has 0 spiro atoms. The van der Waals surface area contributed by atoms with E-state index in [-0.39, 0.29) is 23.9 Å². The zero-order valence-corrected chi connectivity index (χ0v) is 29.3. The summed E-state index contributed by atoms with van der Waals surface area (Å²) in [5.41, 5.74) is 9.43. The molecule has 7 aromatic rings. The SMILES string of the molecule is COC(=O)NC(C(=O)N1CCCC1c1ncc(-c2ccc(-c3ccc(-c4ccc5nc(C6CCCN6)[nH]c5c4)c4c5ccc(o5)c34)nc2)[nH]1)C(C)C. The highest BCUT2D eigenvalue weighted by Crippen LogP contribution is 2.44. The monoisotopic (exact) mass is 696 g/mol. The number of rotatable bonds is 8. The lowest BCUT2D eigenvalue weighted by Gasteiger charge is -2.30. The van der Waals surface area contributed by atoms with Crippen LogP contribution in [0.4, 0.5) is 4.79 Å². The van der Waals surface area contributed by atoms with Crippen molar-refractivity contribution in [1.29, 1.82) is 0 Å². The Morgan fingerprint density at radius 1 is 0.904 bits per heavy atom. The number of H-pyrrole nitrogens is 2. The molecular weight excluding hydrogens is 656 g/mol. The highest BCUT2D eigenvalue weighted by Gasteiger charge is 2.37. The molecule has 264 valence electrons. The van der Waals surface area contributed by atoms with Gasteiger partial charge in [-0.2, -0.15) is 0 Å². The molecule has 0 radical (unpaired) electrons. The smallest absolute Gasteiger partial charge is 0.407 e. The molecule has 0 aliphatic carbocycles. The van der Waals surface area contributed by atoms with E-state index in [2.05, 4.69) is 50.9 Å². The van der Waals surface area contributed by atoms with Crippen LogP contribution < -0.4 is 10.6 Å². The van der Waals surface area contributed by atoms with E-state index in [1.54, 1.807) is 6.20 Å². The second-order valence-corrected chi connectivity index (χ2v) is 14.2. The molecule has 2 aliphatic rings. The Balaban J connectivity index is 0.985. The van der Waals surface area contributed by atoms with Crippen molar-refractivity contribution in [1.82, 2.24) is 40.5 Å². The predicted molar refractivity (Wildman–Crippen MR) is 199 cm³/mol. The van der Waals surface area contributed by atoms with Gasteiger partial charge in [-0.05, 0) is 85.7 Å². The third kappa shape index (κ3) is 5.45. The fourth-order valence-corrected chi connectivity index (χ4v) is 8.01. The van der Waals surface area contributed by atoms with Crippen LogP contribution in [0.5, 0.6) is 0 Å². The zero-order valence-electron chi connectivity index (χ0n) is 29.3.